The van der Waals surface area contributed by atoms with Gasteiger partial charge in [0, 0.05) is 16.9 Å². The fourth-order valence-electron chi connectivity index (χ4n) is 3.65. The van der Waals surface area contributed by atoms with Crippen LogP contribution in [0.5, 0.6) is 0 Å². The van der Waals surface area contributed by atoms with Crippen LogP contribution in [-0.2, 0) is 14.3 Å². The number of rotatable bonds is 3. The monoisotopic (exact) mass is 316 g/mol. The van der Waals surface area contributed by atoms with E-state index in [1.165, 1.54) is 0 Å². The number of hydrogen-bond donors (Lipinski definition) is 0. The molecule has 23 heavy (non-hydrogen) atoms. The van der Waals surface area contributed by atoms with Crippen LogP contribution in [0.3, 0.4) is 0 Å². The molecule has 0 bridgehead atoms. The molecule has 2 fully saturated rings. The van der Waals surface area contributed by atoms with Crippen molar-refractivity contribution in [2.45, 2.75) is 39.4 Å². The van der Waals surface area contributed by atoms with Crippen molar-refractivity contribution in [2.24, 2.45) is 17.3 Å². The molecule has 1 aliphatic heterocycles. The SMILES string of the molecule is CC[C@@H]1[C@@H](C(=O)c2ccccc2)C(=O)CC12OCC(C)(C)CO2. The van der Waals surface area contributed by atoms with E-state index < -0.39 is 11.7 Å². The molecule has 1 aromatic rings. The molecule has 1 spiro atoms. The molecule has 0 unspecified atom stereocenters. The van der Waals surface area contributed by atoms with E-state index in [1.807, 2.05) is 25.1 Å². The average Bonchev–Trinajstić information content (AvgIpc) is 2.82. The van der Waals surface area contributed by atoms with Gasteiger partial charge in [-0.05, 0) is 6.42 Å². The summed E-state index contributed by atoms with van der Waals surface area (Å²) in [5, 5.41) is 0. The maximum absolute atomic E-state index is 12.8. The van der Waals surface area contributed by atoms with E-state index in [2.05, 4.69) is 13.8 Å². The summed E-state index contributed by atoms with van der Waals surface area (Å²) in [6, 6.07) is 9.03. The number of carbonyl (C=O) groups is 2. The molecule has 0 N–H and O–H groups in total. The largest absolute Gasteiger partial charge is 0.348 e. The first-order chi connectivity index (χ1) is 10.9. The van der Waals surface area contributed by atoms with E-state index in [1.54, 1.807) is 12.1 Å². The minimum absolute atomic E-state index is 0.0614. The first kappa shape index (κ1) is 16.3. The third-order valence-electron chi connectivity index (χ3n) is 4.93. The second-order valence-electron chi connectivity index (χ2n) is 7.42. The van der Waals surface area contributed by atoms with Crippen molar-refractivity contribution >= 4 is 11.6 Å². The van der Waals surface area contributed by atoms with Gasteiger partial charge in [0.2, 0.25) is 0 Å². The van der Waals surface area contributed by atoms with Gasteiger partial charge in [0.25, 0.3) is 0 Å². The maximum Gasteiger partial charge on any atom is 0.179 e. The van der Waals surface area contributed by atoms with Gasteiger partial charge >= 0.3 is 0 Å². The smallest absolute Gasteiger partial charge is 0.179 e. The third-order valence-corrected chi connectivity index (χ3v) is 4.93. The van der Waals surface area contributed by atoms with Crippen molar-refractivity contribution in [2.75, 3.05) is 13.2 Å². The van der Waals surface area contributed by atoms with Crippen LogP contribution >= 0.6 is 0 Å². The molecule has 4 nitrogen and oxygen atoms in total. The Morgan fingerprint density at radius 3 is 2.35 bits per heavy atom. The summed E-state index contributed by atoms with van der Waals surface area (Å²) >= 11 is 0. The van der Waals surface area contributed by atoms with Crippen LogP contribution < -0.4 is 0 Å². The molecule has 124 valence electrons. The van der Waals surface area contributed by atoms with E-state index in [-0.39, 0.29) is 29.3 Å². The average molecular weight is 316 g/mol. The van der Waals surface area contributed by atoms with Crippen LogP contribution in [0.25, 0.3) is 0 Å². The van der Waals surface area contributed by atoms with Crippen molar-refractivity contribution in [1.29, 1.82) is 0 Å². The highest BCUT2D eigenvalue weighted by molar-refractivity contribution is 6.12. The molecule has 1 saturated heterocycles. The van der Waals surface area contributed by atoms with Crippen molar-refractivity contribution in [3.63, 3.8) is 0 Å². The van der Waals surface area contributed by atoms with Crippen LogP contribution in [0.15, 0.2) is 30.3 Å². The molecule has 1 heterocycles. The summed E-state index contributed by atoms with van der Waals surface area (Å²) in [7, 11) is 0. The molecule has 1 saturated carbocycles. The minimum Gasteiger partial charge on any atom is -0.348 e. The van der Waals surface area contributed by atoms with Gasteiger partial charge in [-0.3, -0.25) is 9.59 Å². The maximum atomic E-state index is 12.8. The second kappa shape index (κ2) is 5.84. The lowest BCUT2D eigenvalue weighted by molar-refractivity contribution is -0.314. The normalized spacial score (nSPS) is 28.9. The standard InChI is InChI=1S/C19H24O4/c1-4-14-16(17(21)13-8-6-5-7-9-13)15(20)10-19(14)22-11-18(2,3)12-23-19/h5-9,14,16H,4,10-12H2,1-3H3/t14-,16-/m1/s1. The van der Waals surface area contributed by atoms with Crippen LogP contribution in [0, 0.1) is 17.3 Å². The molecule has 2 aliphatic rings. The highest BCUT2D eigenvalue weighted by Crippen LogP contribution is 2.48. The van der Waals surface area contributed by atoms with E-state index in [0.29, 0.717) is 25.2 Å². The Hall–Kier alpha value is -1.52. The first-order valence-corrected chi connectivity index (χ1v) is 8.28. The number of Topliss-reactive ketones (excluding diaryl/α,β-unsaturated/α-hetero) is 2. The van der Waals surface area contributed by atoms with E-state index in [4.69, 9.17) is 9.47 Å². The summed E-state index contributed by atoms with van der Waals surface area (Å²) in [5.74, 6) is -1.99. The topological polar surface area (TPSA) is 52.6 Å². The van der Waals surface area contributed by atoms with Gasteiger partial charge in [0.1, 0.15) is 5.78 Å². The Morgan fingerprint density at radius 1 is 1.17 bits per heavy atom. The lowest BCUT2D eigenvalue weighted by Crippen LogP contribution is -2.50. The van der Waals surface area contributed by atoms with Gasteiger partial charge < -0.3 is 9.47 Å². The quantitative estimate of drug-likeness (QED) is 0.634. The van der Waals surface area contributed by atoms with Gasteiger partial charge in [0.05, 0.1) is 25.6 Å². The van der Waals surface area contributed by atoms with Crippen LogP contribution in [0.1, 0.15) is 44.0 Å². The number of hydrogen-bond acceptors (Lipinski definition) is 4. The number of carbonyl (C=O) groups excluding carboxylic acids is 2. The molecule has 0 radical (unpaired) electrons. The van der Waals surface area contributed by atoms with E-state index >= 15 is 0 Å². The predicted molar refractivity (Wildman–Crippen MR) is 86.1 cm³/mol. The zero-order valence-corrected chi connectivity index (χ0v) is 14.0. The van der Waals surface area contributed by atoms with Gasteiger partial charge in [-0.15, -0.1) is 0 Å². The Morgan fingerprint density at radius 2 is 1.78 bits per heavy atom. The number of ketones is 2. The van der Waals surface area contributed by atoms with Crippen LogP contribution in [0.4, 0.5) is 0 Å². The third kappa shape index (κ3) is 2.86. The summed E-state index contributed by atoms with van der Waals surface area (Å²) < 4.78 is 12.1. The summed E-state index contributed by atoms with van der Waals surface area (Å²) in [4.78, 5) is 25.5. The molecule has 0 aromatic heterocycles. The fourth-order valence-corrected chi connectivity index (χ4v) is 3.65. The molecule has 1 aromatic carbocycles. The van der Waals surface area contributed by atoms with Crippen molar-refractivity contribution in [1.82, 2.24) is 0 Å². The lowest BCUT2D eigenvalue weighted by Gasteiger charge is -2.44. The van der Waals surface area contributed by atoms with E-state index in [9.17, 15) is 9.59 Å². The minimum atomic E-state index is -0.920. The molecule has 3 rings (SSSR count). The fraction of sp³-hybridized carbons (Fsp3) is 0.579. The highest BCUT2D eigenvalue weighted by atomic mass is 16.7. The summed E-state index contributed by atoms with van der Waals surface area (Å²) in [6.45, 7) is 7.23. The van der Waals surface area contributed by atoms with Gasteiger partial charge in [-0.2, -0.15) is 0 Å². The van der Waals surface area contributed by atoms with Crippen LogP contribution in [0.2, 0.25) is 0 Å². The molecule has 4 heteroatoms. The zero-order valence-electron chi connectivity index (χ0n) is 14.0. The summed E-state index contributed by atoms with van der Waals surface area (Å²) in [5.41, 5.74) is 0.520. The van der Waals surface area contributed by atoms with Gasteiger partial charge in [-0.25, -0.2) is 0 Å². The highest BCUT2D eigenvalue weighted by Gasteiger charge is 2.59. The Balaban J connectivity index is 1.88. The number of ether oxygens (including phenoxy) is 2. The lowest BCUT2D eigenvalue weighted by atomic mass is 9.83. The molecule has 1 aliphatic carbocycles. The molecular formula is C19H24O4. The Labute approximate surface area is 137 Å². The predicted octanol–water partition coefficient (Wildman–Crippen LogP) is 3.25. The van der Waals surface area contributed by atoms with E-state index in [0.717, 1.165) is 0 Å². The molecule has 0 amide bonds. The summed E-state index contributed by atoms with van der Waals surface area (Å²) in [6.07, 6.45) is 0.847. The zero-order chi connectivity index (χ0) is 16.7. The second-order valence-corrected chi connectivity index (χ2v) is 7.42. The van der Waals surface area contributed by atoms with Crippen molar-refractivity contribution in [3.8, 4) is 0 Å². The van der Waals surface area contributed by atoms with Crippen molar-refractivity contribution < 1.29 is 19.1 Å². The Kier molecular flexibility index (Phi) is 4.15. The molecular weight excluding hydrogens is 292 g/mol. The molecule has 2 atom stereocenters. The Bertz CT molecular complexity index is 595. The van der Waals surface area contributed by atoms with Gasteiger partial charge in [-0.1, -0.05) is 51.1 Å². The first-order valence-electron chi connectivity index (χ1n) is 8.28. The van der Waals surface area contributed by atoms with Gasteiger partial charge in [0.15, 0.2) is 11.6 Å². The number of benzene rings is 1. The van der Waals surface area contributed by atoms with Crippen molar-refractivity contribution in [3.05, 3.63) is 35.9 Å². The van der Waals surface area contributed by atoms with Crippen LogP contribution in [-0.4, -0.2) is 30.6 Å².